The zero-order valence-corrected chi connectivity index (χ0v) is 8.48. The molecule has 6 nitrogen and oxygen atoms in total. The molecule has 0 radical (unpaired) electrons. The number of aliphatic carboxylic acids is 2. The van der Waals surface area contributed by atoms with E-state index in [4.69, 9.17) is 5.11 Å². The number of hydrogen-bond donors (Lipinski definition) is 1. The van der Waals surface area contributed by atoms with E-state index in [1.165, 1.54) is 0 Å². The topological polar surface area (TPSA) is 104 Å². The third-order valence-corrected chi connectivity index (χ3v) is 1.12. The SMILES string of the molecule is O=C([O-])CN(CCO)CC(=O)[O-].[Mg+2]. The average Bonchev–Trinajstić information content (AvgIpc) is 1.84. The van der Waals surface area contributed by atoms with Crippen LogP contribution >= 0.6 is 0 Å². The van der Waals surface area contributed by atoms with Crippen molar-refractivity contribution in [2.24, 2.45) is 0 Å². The van der Waals surface area contributed by atoms with Crippen LogP contribution in [0.25, 0.3) is 0 Å². The van der Waals surface area contributed by atoms with Crippen molar-refractivity contribution in [3.05, 3.63) is 0 Å². The molecule has 0 saturated heterocycles. The first-order valence-electron chi connectivity index (χ1n) is 3.29. The van der Waals surface area contributed by atoms with Gasteiger partial charge < -0.3 is 24.9 Å². The Kier molecular flexibility index (Phi) is 9.57. The Balaban J connectivity index is 0. The molecule has 0 amide bonds. The molecule has 0 unspecified atom stereocenters. The zero-order chi connectivity index (χ0) is 9.56. The summed E-state index contributed by atoms with van der Waals surface area (Å²) < 4.78 is 0. The number of carbonyl (C=O) groups is 2. The number of rotatable bonds is 6. The maximum atomic E-state index is 10.0. The van der Waals surface area contributed by atoms with Crippen molar-refractivity contribution in [1.29, 1.82) is 0 Å². The van der Waals surface area contributed by atoms with Gasteiger partial charge in [0.05, 0.1) is 18.5 Å². The Hall–Kier alpha value is -0.374. The van der Waals surface area contributed by atoms with E-state index >= 15 is 0 Å². The number of aliphatic hydroxyl groups is 1. The quantitative estimate of drug-likeness (QED) is 0.432. The van der Waals surface area contributed by atoms with Gasteiger partial charge >= 0.3 is 23.1 Å². The van der Waals surface area contributed by atoms with Gasteiger partial charge in [-0.25, -0.2) is 0 Å². The van der Waals surface area contributed by atoms with Crippen LogP contribution < -0.4 is 10.2 Å². The minimum absolute atomic E-state index is 0. The van der Waals surface area contributed by atoms with Crippen LogP contribution in [-0.4, -0.2) is 71.2 Å². The van der Waals surface area contributed by atoms with Crippen molar-refractivity contribution in [3.8, 4) is 0 Å². The molecule has 0 saturated carbocycles. The monoisotopic (exact) mass is 199 g/mol. The molecule has 0 aromatic carbocycles. The zero-order valence-electron chi connectivity index (χ0n) is 7.06. The summed E-state index contributed by atoms with van der Waals surface area (Å²) in [6.45, 7) is -1.37. The fraction of sp³-hybridized carbons (Fsp3) is 0.667. The molecule has 7 heteroatoms. The summed E-state index contributed by atoms with van der Waals surface area (Å²) in [5.41, 5.74) is 0. The van der Waals surface area contributed by atoms with Crippen LogP contribution in [0.3, 0.4) is 0 Å². The van der Waals surface area contributed by atoms with E-state index in [-0.39, 0.29) is 36.2 Å². The second-order valence-electron chi connectivity index (χ2n) is 2.18. The van der Waals surface area contributed by atoms with Gasteiger partial charge in [0.2, 0.25) is 0 Å². The molecule has 0 aliphatic heterocycles. The summed E-state index contributed by atoms with van der Waals surface area (Å²) in [5, 5.41) is 28.4. The molecule has 0 aliphatic carbocycles. The molecular weight excluding hydrogens is 190 g/mol. The molecular formula is C6H9MgNO5. The third kappa shape index (κ3) is 9.54. The number of nitrogens with zero attached hydrogens (tertiary/aromatic N) is 1. The second-order valence-corrected chi connectivity index (χ2v) is 2.18. The van der Waals surface area contributed by atoms with Crippen molar-refractivity contribution in [3.63, 3.8) is 0 Å². The van der Waals surface area contributed by atoms with Gasteiger partial charge in [-0.1, -0.05) is 0 Å². The Labute approximate surface area is 91.3 Å². The van der Waals surface area contributed by atoms with Gasteiger partial charge in [-0.2, -0.15) is 0 Å². The Morgan fingerprint density at radius 2 is 1.54 bits per heavy atom. The van der Waals surface area contributed by atoms with E-state index in [0.29, 0.717) is 0 Å². The van der Waals surface area contributed by atoms with Crippen LogP contribution in [0.2, 0.25) is 0 Å². The second kappa shape index (κ2) is 8.23. The average molecular weight is 199 g/mol. The minimum atomic E-state index is -1.38. The Morgan fingerprint density at radius 1 is 1.15 bits per heavy atom. The normalized spacial score (nSPS) is 9.38. The van der Waals surface area contributed by atoms with Crippen molar-refractivity contribution >= 4 is 35.0 Å². The van der Waals surface area contributed by atoms with Gasteiger partial charge in [0.25, 0.3) is 0 Å². The standard InChI is InChI=1S/C6H11NO5.Mg/c8-2-1-7(3-5(9)10)4-6(11)12;/h8H,1-4H2,(H,9,10)(H,11,12);/q;+2/p-2. The van der Waals surface area contributed by atoms with Crippen molar-refractivity contribution in [2.75, 3.05) is 26.2 Å². The molecule has 0 fully saturated rings. The molecule has 0 rings (SSSR count). The van der Waals surface area contributed by atoms with Crippen molar-refractivity contribution in [1.82, 2.24) is 4.90 Å². The minimum Gasteiger partial charge on any atom is -0.549 e. The molecule has 0 aromatic rings. The maximum absolute atomic E-state index is 10.0. The molecule has 1 N–H and O–H groups in total. The number of carboxylic acid groups (broad SMARTS) is 2. The first-order valence-corrected chi connectivity index (χ1v) is 3.29. The summed E-state index contributed by atoms with van der Waals surface area (Å²) >= 11 is 0. The fourth-order valence-corrected chi connectivity index (χ4v) is 0.721. The number of carbonyl (C=O) groups excluding carboxylic acids is 2. The number of aliphatic hydroxyl groups excluding tert-OH is 1. The summed E-state index contributed by atoms with van der Waals surface area (Å²) in [6, 6.07) is 0. The van der Waals surface area contributed by atoms with Crippen LogP contribution in [0.5, 0.6) is 0 Å². The number of hydrogen-bond acceptors (Lipinski definition) is 6. The van der Waals surface area contributed by atoms with E-state index in [0.717, 1.165) is 4.90 Å². The number of carboxylic acids is 2. The summed E-state index contributed by atoms with van der Waals surface area (Å²) in [5.74, 6) is -2.77. The largest absolute Gasteiger partial charge is 2.00 e. The molecule has 0 bridgehead atoms. The molecule has 13 heavy (non-hydrogen) atoms. The predicted molar refractivity (Wildman–Crippen MR) is 39.3 cm³/mol. The summed E-state index contributed by atoms with van der Waals surface area (Å²) in [6.07, 6.45) is 0. The first kappa shape index (κ1) is 15.1. The molecule has 0 aromatic heterocycles. The van der Waals surface area contributed by atoms with E-state index < -0.39 is 25.0 Å². The summed E-state index contributed by atoms with van der Waals surface area (Å²) in [4.78, 5) is 21.0. The predicted octanol–water partition coefficient (Wildman–Crippen LogP) is -4.60. The van der Waals surface area contributed by atoms with Crippen LogP contribution in [0.4, 0.5) is 0 Å². The smallest absolute Gasteiger partial charge is 0.549 e. The molecule has 0 heterocycles. The van der Waals surface area contributed by atoms with E-state index in [1.54, 1.807) is 0 Å². The van der Waals surface area contributed by atoms with E-state index in [1.807, 2.05) is 0 Å². The van der Waals surface area contributed by atoms with E-state index in [9.17, 15) is 19.8 Å². The van der Waals surface area contributed by atoms with Gasteiger partial charge in [-0.3, -0.25) is 4.90 Å². The van der Waals surface area contributed by atoms with Gasteiger partial charge in [0.15, 0.2) is 0 Å². The Bertz CT molecular complexity index is 158. The van der Waals surface area contributed by atoms with E-state index in [2.05, 4.69) is 0 Å². The molecule has 0 atom stereocenters. The van der Waals surface area contributed by atoms with Crippen LogP contribution in [0, 0.1) is 0 Å². The van der Waals surface area contributed by atoms with Crippen molar-refractivity contribution < 1.29 is 24.9 Å². The van der Waals surface area contributed by atoms with Crippen LogP contribution in [-0.2, 0) is 9.59 Å². The fourth-order valence-electron chi connectivity index (χ4n) is 0.721. The molecule has 0 aliphatic rings. The van der Waals surface area contributed by atoms with Gasteiger partial charge in [-0.05, 0) is 0 Å². The van der Waals surface area contributed by atoms with Crippen LogP contribution in [0.1, 0.15) is 0 Å². The van der Waals surface area contributed by atoms with Crippen molar-refractivity contribution in [2.45, 2.75) is 0 Å². The van der Waals surface area contributed by atoms with Gasteiger partial charge in [-0.15, -0.1) is 0 Å². The van der Waals surface area contributed by atoms with Gasteiger partial charge in [0.1, 0.15) is 0 Å². The summed E-state index contributed by atoms with van der Waals surface area (Å²) in [7, 11) is 0. The molecule has 0 spiro atoms. The van der Waals surface area contributed by atoms with Gasteiger partial charge in [0, 0.05) is 19.6 Å². The third-order valence-electron chi connectivity index (χ3n) is 1.12. The maximum Gasteiger partial charge on any atom is 2.00 e. The van der Waals surface area contributed by atoms with Crippen LogP contribution in [0.15, 0.2) is 0 Å². The first-order chi connectivity index (χ1) is 5.56. The Morgan fingerprint density at radius 3 is 1.77 bits per heavy atom. The molecule has 70 valence electrons.